The molecule has 12 heavy (non-hydrogen) atoms. The first kappa shape index (κ1) is 9.06. The van der Waals surface area contributed by atoms with Crippen LogP contribution in [0.1, 0.15) is 24.1 Å². The van der Waals surface area contributed by atoms with Crippen LogP contribution in [0, 0.1) is 6.92 Å². The highest BCUT2D eigenvalue weighted by atomic mass is 16.1. The first-order valence-corrected chi connectivity index (χ1v) is 4.03. The Hall–Kier alpha value is -1.03. The van der Waals surface area contributed by atoms with E-state index in [0.29, 0.717) is 6.54 Å². The number of nitrogens with zero attached hydrogens (tertiary/aromatic N) is 1. The predicted octanol–water partition coefficient (Wildman–Crippen LogP) is 0.0840. The maximum atomic E-state index is 11.3. The highest BCUT2D eigenvalue weighted by Crippen LogP contribution is 2.11. The van der Waals surface area contributed by atoms with Crippen molar-refractivity contribution >= 4 is 0 Å². The second-order valence-electron chi connectivity index (χ2n) is 3.15. The Bertz CT molecular complexity index is 324. The van der Waals surface area contributed by atoms with Crippen molar-refractivity contribution in [3.63, 3.8) is 0 Å². The van der Waals surface area contributed by atoms with Gasteiger partial charge in [0.1, 0.15) is 0 Å². The highest BCUT2D eigenvalue weighted by molar-refractivity contribution is 5.19. The SMILES string of the molecule is Cc1c(C(C)CN)[nH]n(C)c1=O. The van der Waals surface area contributed by atoms with Crippen LogP contribution in [-0.4, -0.2) is 16.3 Å². The molecule has 0 saturated carbocycles. The van der Waals surface area contributed by atoms with Gasteiger partial charge in [-0.15, -0.1) is 0 Å². The van der Waals surface area contributed by atoms with Crippen molar-refractivity contribution in [3.05, 3.63) is 21.6 Å². The van der Waals surface area contributed by atoms with E-state index in [2.05, 4.69) is 5.10 Å². The average Bonchev–Trinajstić information content (AvgIpc) is 2.32. The van der Waals surface area contributed by atoms with Crippen LogP contribution < -0.4 is 11.3 Å². The Kier molecular flexibility index (Phi) is 2.38. The Morgan fingerprint density at radius 1 is 1.67 bits per heavy atom. The summed E-state index contributed by atoms with van der Waals surface area (Å²) < 4.78 is 1.48. The van der Waals surface area contributed by atoms with Crippen molar-refractivity contribution in [1.29, 1.82) is 0 Å². The molecule has 1 heterocycles. The molecule has 0 aromatic carbocycles. The summed E-state index contributed by atoms with van der Waals surface area (Å²) in [6.07, 6.45) is 0. The molecule has 4 heteroatoms. The van der Waals surface area contributed by atoms with Gasteiger partial charge in [0.2, 0.25) is 0 Å². The quantitative estimate of drug-likeness (QED) is 0.658. The van der Waals surface area contributed by atoms with Gasteiger partial charge in [-0.25, -0.2) is 0 Å². The van der Waals surface area contributed by atoms with E-state index in [-0.39, 0.29) is 11.5 Å². The summed E-state index contributed by atoms with van der Waals surface area (Å²) in [5, 5.41) is 2.99. The molecule has 1 aromatic rings. The van der Waals surface area contributed by atoms with Crippen LogP contribution in [0.5, 0.6) is 0 Å². The van der Waals surface area contributed by atoms with Gasteiger partial charge in [0.25, 0.3) is 5.56 Å². The maximum absolute atomic E-state index is 11.3. The van der Waals surface area contributed by atoms with Crippen LogP contribution in [0.15, 0.2) is 4.79 Å². The van der Waals surface area contributed by atoms with Gasteiger partial charge in [-0.3, -0.25) is 14.6 Å². The average molecular weight is 169 g/mol. The summed E-state index contributed by atoms with van der Waals surface area (Å²) in [5.74, 6) is 0.221. The van der Waals surface area contributed by atoms with E-state index < -0.39 is 0 Å². The van der Waals surface area contributed by atoms with Crippen LogP contribution in [0.3, 0.4) is 0 Å². The minimum Gasteiger partial charge on any atom is -0.330 e. The smallest absolute Gasteiger partial charge is 0.269 e. The lowest BCUT2D eigenvalue weighted by molar-refractivity contribution is 0.676. The summed E-state index contributed by atoms with van der Waals surface area (Å²) in [6, 6.07) is 0. The van der Waals surface area contributed by atoms with Gasteiger partial charge >= 0.3 is 0 Å². The molecular weight excluding hydrogens is 154 g/mol. The number of aryl methyl sites for hydroxylation is 1. The molecule has 0 aliphatic rings. The second-order valence-corrected chi connectivity index (χ2v) is 3.15. The number of nitrogens with one attached hydrogen (secondary N) is 1. The molecule has 4 nitrogen and oxygen atoms in total. The zero-order valence-corrected chi connectivity index (χ0v) is 7.72. The molecule has 1 rings (SSSR count). The molecule has 3 N–H and O–H groups in total. The Labute approximate surface area is 71.4 Å². The molecule has 0 fully saturated rings. The van der Waals surface area contributed by atoms with Crippen molar-refractivity contribution in [1.82, 2.24) is 9.78 Å². The minimum absolute atomic E-state index is 0.0327. The lowest BCUT2D eigenvalue weighted by Crippen LogP contribution is -2.13. The fraction of sp³-hybridized carbons (Fsp3) is 0.625. The lowest BCUT2D eigenvalue weighted by atomic mass is 10.1. The van der Waals surface area contributed by atoms with Crippen LogP contribution in [0.2, 0.25) is 0 Å². The van der Waals surface area contributed by atoms with Gasteiger partial charge in [0, 0.05) is 30.8 Å². The van der Waals surface area contributed by atoms with Crippen LogP contribution in [0.4, 0.5) is 0 Å². The summed E-state index contributed by atoms with van der Waals surface area (Å²) in [6.45, 7) is 4.37. The van der Waals surface area contributed by atoms with Crippen LogP contribution >= 0.6 is 0 Å². The first-order valence-electron chi connectivity index (χ1n) is 4.03. The fourth-order valence-corrected chi connectivity index (χ4v) is 1.28. The third kappa shape index (κ3) is 1.30. The number of nitrogens with two attached hydrogens (primary N) is 1. The van der Waals surface area contributed by atoms with Gasteiger partial charge < -0.3 is 5.73 Å². The summed E-state index contributed by atoms with van der Waals surface area (Å²) in [5.41, 5.74) is 7.26. The van der Waals surface area contributed by atoms with Gasteiger partial charge in [0.15, 0.2) is 0 Å². The molecule has 1 aromatic heterocycles. The van der Waals surface area contributed by atoms with E-state index in [1.807, 2.05) is 13.8 Å². The molecule has 1 atom stereocenters. The van der Waals surface area contributed by atoms with Crippen molar-refractivity contribution in [2.24, 2.45) is 12.8 Å². The van der Waals surface area contributed by atoms with Gasteiger partial charge in [0.05, 0.1) is 0 Å². The molecule has 0 saturated heterocycles. The molecule has 68 valence electrons. The summed E-state index contributed by atoms with van der Waals surface area (Å²) >= 11 is 0. The zero-order valence-electron chi connectivity index (χ0n) is 7.72. The van der Waals surface area contributed by atoms with Gasteiger partial charge in [-0.05, 0) is 6.92 Å². The number of hydrogen-bond acceptors (Lipinski definition) is 2. The molecular formula is C8H15N3O. The van der Waals surface area contributed by atoms with Crippen molar-refractivity contribution in [2.45, 2.75) is 19.8 Å². The molecule has 0 bridgehead atoms. The van der Waals surface area contributed by atoms with E-state index in [0.717, 1.165) is 11.3 Å². The molecule has 0 aliphatic heterocycles. The second kappa shape index (κ2) is 3.15. The standard InChI is InChI=1S/C8H15N3O/c1-5(4-9)7-6(2)8(12)11(3)10-7/h5,10H,4,9H2,1-3H3. The normalized spacial score (nSPS) is 13.3. The van der Waals surface area contributed by atoms with Crippen molar-refractivity contribution in [3.8, 4) is 0 Å². The summed E-state index contributed by atoms with van der Waals surface area (Å²) in [7, 11) is 1.71. The topological polar surface area (TPSA) is 63.8 Å². The lowest BCUT2D eigenvalue weighted by Gasteiger charge is -2.05. The van der Waals surface area contributed by atoms with E-state index in [1.165, 1.54) is 4.68 Å². The third-order valence-electron chi connectivity index (χ3n) is 2.16. The monoisotopic (exact) mass is 169 g/mol. The number of H-pyrrole nitrogens is 1. The van der Waals surface area contributed by atoms with Gasteiger partial charge in [-0.2, -0.15) is 0 Å². The Morgan fingerprint density at radius 3 is 2.58 bits per heavy atom. The molecule has 1 unspecified atom stereocenters. The van der Waals surface area contributed by atoms with E-state index in [9.17, 15) is 4.79 Å². The molecule has 0 spiro atoms. The number of hydrogen-bond donors (Lipinski definition) is 2. The van der Waals surface area contributed by atoms with E-state index >= 15 is 0 Å². The maximum Gasteiger partial charge on any atom is 0.269 e. The highest BCUT2D eigenvalue weighted by Gasteiger charge is 2.12. The van der Waals surface area contributed by atoms with Gasteiger partial charge in [-0.1, -0.05) is 6.92 Å². The third-order valence-corrected chi connectivity index (χ3v) is 2.16. The summed E-state index contributed by atoms with van der Waals surface area (Å²) in [4.78, 5) is 11.3. The Balaban J connectivity index is 3.18. The molecule has 0 radical (unpaired) electrons. The van der Waals surface area contributed by atoms with Crippen LogP contribution in [-0.2, 0) is 7.05 Å². The molecule has 0 aliphatic carbocycles. The van der Waals surface area contributed by atoms with Crippen LogP contribution in [0.25, 0.3) is 0 Å². The predicted molar refractivity (Wildman–Crippen MR) is 48.2 cm³/mol. The number of aromatic nitrogens is 2. The van der Waals surface area contributed by atoms with E-state index in [4.69, 9.17) is 5.73 Å². The largest absolute Gasteiger partial charge is 0.330 e. The zero-order chi connectivity index (χ0) is 9.30. The number of rotatable bonds is 2. The minimum atomic E-state index is 0.0327. The Morgan fingerprint density at radius 2 is 2.25 bits per heavy atom. The van der Waals surface area contributed by atoms with Crippen molar-refractivity contribution in [2.75, 3.05) is 6.54 Å². The molecule has 0 amide bonds. The van der Waals surface area contributed by atoms with Crippen molar-refractivity contribution < 1.29 is 0 Å². The number of aromatic amines is 1. The fourth-order valence-electron chi connectivity index (χ4n) is 1.28. The first-order chi connectivity index (χ1) is 5.57. The van der Waals surface area contributed by atoms with E-state index in [1.54, 1.807) is 7.05 Å².